The van der Waals surface area contributed by atoms with E-state index in [1.807, 2.05) is 19.0 Å². The van der Waals surface area contributed by atoms with Crippen molar-refractivity contribution < 1.29 is 18.0 Å². The minimum absolute atomic E-state index is 0.0231. The number of sulfonamides is 1. The zero-order chi connectivity index (χ0) is 23.3. The number of likely N-dealkylation sites (N-methyl/N-ethyl adjacent to an activating group) is 1. The summed E-state index contributed by atoms with van der Waals surface area (Å²) >= 11 is 7.15. The fourth-order valence-electron chi connectivity index (χ4n) is 4.18. The van der Waals surface area contributed by atoms with Gasteiger partial charge in [-0.3, -0.25) is 9.59 Å². The van der Waals surface area contributed by atoms with Crippen LogP contribution >= 0.6 is 22.9 Å². The van der Waals surface area contributed by atoms with Gasteiger partial charge in [0.25, 0.3) is 0 Å². The van der Waals surface area contributed by atoms with Gasteiger partial charge in [-0.1, -0.05) is 11.6 Å². The lowest BCUT2D eigenvalue weighted by Crippen LogP contribution is -2.53. The molecule has 2 amide bonds. The Bertz CT molecular complexity index is 947. The van der Waals surface area contributed by atoms with Crippen molar-refractivity contribution in [1.29, 1.82) is 0 Å². The number of hydrogen-bond acceptors (Lipinski definition) is 6. The average Bonchev–Trinajstić information content (AvgIpc) is 3.39. The van der Waals surface area contributed by atoms with Crippen LogP contribution in [0.4, 0.5) is 0 Å². The Kier molecular flexibility index (Phi) is 8.74. The second kappa shape index (κ2) is 11.1. The largest absolute Gasteiger partial charge is 0.334 e. The Hall–Kier alpha value is -1.46. The molecule has 0 aliphatic carbocycles. The standard InChI is InChI=1S/C21H31ClN4O4S2/c1-24(2)15-17-5-3-4-10-26(17)21(28)20(27)25-11-8-16(14-25)13-23-32(29,30)12-9-18-6-7-19(22)31-18/h6-7,9,12,16-17,23H,3-5,8,10-11,13-15H2,1-2H3/b12-9+/t16-,17?/m1/s1. The molecule has 8 nitrogen and oxygen atoms in total. The first-order valence-electron chi connectivity index (χ1n) is 10.8. The Labute approximate surface area is 199 Å². The van der Waals surface area contributed by atoms with Crippen LogP contribution in [0, 0.1) is 5.92 Å². The van der Waals surface area contributed by atoms with Gasteiger partial charge in [0, 0.05) is 49.1 Å². The second-order valence-corrected chi connectivity index (χ2v) is 12.1. The van der Waals surface area contributed by atoms with Crippen molar-refractivity contribution in [3.63, 3.8) is 0 Å². The van der Waals surface area contributed by atoms with E-state index in [4.69, 9.17) is 11.6 Å². The smallest absolute Gasteiger partial charge is 0.312 e. The third kappa shape index (κ3) is 7.02. The van der Waals surface area contributed by atoms with Crippen LogP contribution in [0.25, 0.3) is 6.08 Å². The average molecular weight is 503 g/mol. The molecule has 0 bridgehead atoms. The van der Waals surface area contributed by atoms with E-state index in [-0.39, 0.29) is 18.5 Å². The van der Waals surface area contributed by atoms with Crippen molar-refractivity contribution >= 4 is 50.9 Å². The van der Waals surface area contributed by atoms with E-state index in [1.54, 1.807) is 21.9 Å². The van der Waals surface area contributed by atoms with Crippen LogP contribution in [0.5, 0.6) is 0 Å². The summed E-state index contributed by atoms with van der Waals surface area (Å²) in [4.78, 5) is 31.8. The summed E-state index contributed by atoms with van der Waals surface area (Å²) in [7, 11) is 0.338. The molecule has 1 N–H and O–H groups in total. The first-order valence-corrected chi connectivity index (χ1v) is 13.6. The predicted octanol–water partition coefficient (Wildman–Crippen LogP) is 2.08. The van der Waals surface area contributed by atoms with Crippen LogP contribution in [-0.4, -0.2) is 87.8 Å². The van der Waals surface area contributed by atoms with Gasteiger partial charge in [0.15, 0.2) is 0 Å². The summed E-state index contributed by atoms with van der Waals surface area (Å²) in [5, 5.41) is 1.12. The highest BCUT2D eigenvalue weighted by Gasteiger charge is 2.36. The number of nitrogens with one attached hydrogen (secondary N) is 1. The number of rotatable bonds is 7. The van der Waals surface area contributed by atoms with Gasteiger partial charge in [-0.05, 0) is 63.9 Å². The van der Waals surface area contributed by atoms with Crippen molar-refractivity contribution in [2.75, 3.05) is 46.8 Å². The monoisotopic (exact) mass is 502 g/mol. The van der Waals surface area contributed by atoms with Crippen molar-refractivity contribution in [2.24, 2.45) is 5.92 Å². The maximum atomic E-state index is 12.9. The SMILES string of the molecule is CN(C)CC1CCCCN1C(=O)C(=O)N1CC[C@H](CNS(=O)(=O)/C=C/c2ccc(Cl)s2)C1. The molecule has 2 saturated heterocycles. The maximum absolute atomic E-state index is 12.9. The molecule has 32 heavy (non-hydrogen) atoms. The zero-order valence-electron chi connectivity index (χ0n) is 18.5. The van der Waals surface area contributed by atoms with Crippen LogP contribution in [0.3, 0.4) is 0 Å². The molecule has 1 unspecified atom stereocenters. The van der Waals surface area contributed by atoms with E-state index >= 15 is 0 Å². The summed E-state index contributed by atoms with van der Waals surface area (Å²) < 4.78 is 27.7. The molecule has 0 radical (unpaired) electrons. The molecule has 0 aromatic carbocycles. The molecule has 178 valence electrons. The molecule has 2 atom stereocenters. The van der Waals surface area contributed by atoms with Gasteiger partial charge in [0.2, 0.25) is 10.0 Å². The number of halogens is 1. The second-order valence-electron chi connectivity index (χ2n) is 8.65. The number of amides is 2. The van der Waals surface area contributed by atoms with Gasteiger partial charge in [-0.2, -0.15) is 0 Å². The lowest BCUT2D eigenvalue weighted by molar-refractivity contribution is -0.153. The molecule has 2 fully saturated rings. The Morgan fingerprint density at radius 3 is 2.69 bits per heavy atom. The molecule has 0 saturated carbocycles. The normalized spacial score (nSPS) is 22.2. The molecule has 2 aliphatic heterocycles. The van der Waals surface area contributed by atoms with Gasteiger partial charge in [0.1, 0.15) is 0 Å². The van der Waals surface area contributed by atoms with E-state index < -0.39 is 21.8 Å². The van der Waals surface area contributed by atoms with Crippen LogP contribution in [0.2, 0.25) is 4.34 Å². The summed E-state index contributed by atoms with van der Waals surface area (Å²) in [5.74, 6) is -0.934. The van der Waals surface area contributed by atoms with E-state index in [2.05, 4.69) is 4.72 Å². The minimum atomic E-state index is -3.60. The fourth-order valence-corrected chi connectivity index (χ4v) is 6.12. The first kappa shape index (κ1) is 25.2. The quantitative estimate of drug-likeness (QED) is 0.576. The van der Waals surface area contributed by atoms with E-state index in [0.717, 1.165) is 36.1 Å². The highest BCUT2D eigenvalue weighted by Crippen LogP contribution is 2.23. The number of carbonyl (C=O) groups is 2. The minimum Gasteiger partial charge on any atom is -0.334 e. The van der Waals surface area contributed by atoms with Crippen LogP contribution in [0.1, 0.15) is 30.6 Å². The van der Waals surface area contributed by atoms with Gasteiger partial charge in [0.05, 0.1) is 4.34 Å². The number of likely N-dealkylation sites (tertiary alicyclic amines) is 2. The lowest BCUT2D eigenvalue weighted by atomic mass is 10.0. The van der Waals surface area contributed by atoms with Crippen LogP contribution in [0.15, 0.2) is 17.5 Å². The summed E-state index contributed by atoms with van der Waals surface area (Å²) in [6, 6.07) is 3.52. The summed E-state index contributed by atoms with van der Waals surface area (Å²) in [5.41, 5.74) is 0. The lowest BCUT2D eigenvalue weighted by Gasteiger charge is -2.37. The van der Waals surface area contributed by atoms with E-state index in [9.17, 15) is 18.0 Å². The van der Waals surface area contributed by atoms with Crippen LogP contribution < -0.4 is 4.72 Å². The third-order valence-corrected chi connectivity index (χ3v) is 8.06. The van der Waals surface area contributed by atoms with Crippen molar-refractivity contribution in [3.8, 4) is 0 Å². The first-order chi connectivity index (χ1) is 15.1. The van der Waals surface area contributed by atoms with Crippen LogP contribution in [-0.2, 0) is 19.6 Å². The van der Waals surface area contributed by atoms with Crippen molar-refractivity contribution in [3.05, 3.63) is 26.8 Å². The van der Waals surface area contributed by atoms with Crippen molar-refractivity contribution in [2.45, 2.75) is 31.7 Å². The Morgan fingerprint density at radius 2 is 2.00 bits per heavy atom. The number of nitrogens with zero attached hydrogens (tertiary/aromatic N) is 3. The molecule has 2 aliphatic rings. The zero-order valence-corrected chi connectivity index (χ0v) is 20.9. The molecular weight excluding hydrogens is 472 g/mol. The molecule has 3 rings (SSSR count). The number of carbonyl (C=O) groups excluding carboxylic acids is 2. The van der Waals surface area contributed by atoms with E-state index in [0.29, 0.717) is 30.4 Å². The molecule has 3 heterocycles. The van der Waals surface area contributed by atoms with Gasteiger partial charge in [-0.15, -0.1) is 11.3 Å². The number of piperidine rings is 1. The Morgan fingerprint density at radius 1 is 1.22 bits per heavy atom. The van der Waals surface area contributed by atoms with E-state index in [1.165, 1.54) is 17.4 Å². The topological polar surface area (TPSA) is 90.0 Å². The molecule has 11 heteroatoms. The number of hydrogen-bond donors (Lipinski definition) is 1. The third-order valence-electron chi connectivity index (χ3n) is 5.80. The molecule has 1 aromatic heterocycles. The molecule has 0 spiro atoms. The number of thiophene rings is 1. The van der Waals surface area contributed by atoms with Gasteiger partial charge < -0.3 is 14.7 Å². The molecule has 1 aromatic rings. The molecular formula is C21H31ClN4O4S2. The predicted molar refractivity (Wildman–Crippen MR) is 128 cm³/mol. The Balaban J connectivity index is 1.50. The summed E-state index contributed by atoms with van der Waals surface area (Å²) in [6.45, 7) is 2.43. The fraction of sp³-hybridized carbons (Fsp3) is 0.619. The highest BCUT2D eigenvalue weighted by molar-refractivity contribution is 7.92. The maximum Gasteiger partial charge on any atom is 0.312 e. The van der Waals surface area contributed by atoms with Gasteiger partial charge in [-0.25, -0.2) is 13.1 Å². The van der Waals surface area contributed by atoms with Crippen molar-refractivity contribution in [1.82, 2.24) is 19.4 Å². The van der Waals surface area contributed by atoms with Gasteiger partial charge >= 0.3 is 11.8 Å². The summed E-state index contributed by atoms with van der Waals surface area (Å²) in [6.07, 6.45) is 5.05. The highest BCUT2D eigenvalue weighted by atomic mass is 35.5.